The molecule has 0 bridgehead atoms. The van der Waals surface area contributed by atoms with Gasteiger partial charge in [0, 0.05) is 6.42 Å². The van der Waals surface area contributed by atoms with E-state index >= 15 is 0 Å². The number of amides is 1. The zero-order valence-corrected chi connectivity index (χ0v) is 18.7. The van der Waals surface area contributed by atoms with Gasteiger partial charge in [-0.2, -0.15) is 0 Å². The highest BCUT2D eigenvalue weighted by molar-refractivity contribution is 5.76. The molecule has 1 aliphatic heterocycles. The van der Waals surface area contributed by atoms with Crippen molar-refractivity contribution in [1.29, 1.82) is 0 Å². The summed E-state index contributed by atoms with van der Waals surface area (Å²) in [6, 6.07) is -1.11. The molecule has 0 aromatic heterocycles. The summed E-state index contributed by atoms with van der Waals surface area (Å²) < 4.78 is 5.03. The van der Waals surface area contributed by atoms with E-state index in [9.17, 15) is 20.1 Å². The summed E-state index contributed by atoms with van der Waals surface area (Å²) in [5.41, 5.74) is 0. The van der Waals surface area contributed by atoms with Gasteiger partial charge in [-0.3, -0.25) is 4.79 Å². The second-order valence-corrected chi connectivity index (χ2v) is 7.92. The molecule has 0 aromatic carbocycles. The van der Waals surface area contributed by atoms with Gasteiger partial charge in [-0.15, -0.1) is 0 Å². The standard InChI is InChI=1S/C24H41NO6/c1-2-3-4-5-6-7-8-9-10-11-12-13-14-15-16-17-20(27)25-21-23(29)22(28)19(18-26)31-24(21)30/h3-4,6-7,9-10,19,21-24,26,28-30H,2,5,8,11-18H2,1H3,(H,25,27)/b4-3-,7-6-,10-9-/t19-,21-,22-,23-,24?/m1/s1. The van der Waals surface area contributed by atoms with Gasteiger partial charge in [0.15, 0.2) is 6.29 Å². The largest absolute Gasteiger partial charge is 0.394 e. The minimum atomic E-state index is -1.47. The second-order valence-electron chi connectivity index (χ2n) is 7.92. The molecule has 178 valence electrons. The molecule has 7 nitrogen and oxygen atoms in total. The predicted octanol–water partition coefficient (Wildman–Crippen LogP) is 2.49. The predicted molar refractivity (Wildman–Crippen MR) is 121 cm³/mol. The molecular weight excluding hydrogens is 398 g/mol. The quantitative estimate of drug-likeness (QED) is 0.198. The molecule has 5 N–H and O–H groups in total. The van der Waals surface area contributed by atoms with E-state index < -0.39 is 37.3 Å². The third-order valence-corrected chi connectivity index (χ3v) is 5.28. The number of aliphatic hydroxyl groups excluding tert-OH is 4. The average molecular weight is 440 g/mol. The summed E-state index contributed by atoms with van der Waals surface area (Å²) in [5.74, 6) is -0.303. The zero-order valence-electron chi connectivity index (χ0n) is 18.7. The molecule has 7 heteroatoms. The van der Waals surface area contributed by atoms with Crippen LogP contribution in [0.3, 0.4) is 0 Å². The van der Waals surface area contributed by atoms with Crippen LogP contribution in [-0.2, 0) is 9.53 Å². The van der Waals surface area contributed by atoms with E-state index in [4.69, 9.17) is 9.84 Å². The highest BCUT2D eigenvalue weighted by Gasteiger charge is 2.44. The summed E-state index contributed by atoms with van der Waals surface area (Å²) >= 11 is 0. The van der Waals surface area contributed by atoms with Crippen molar-refractivity contribution in [2.45, 2.75) is 102 Å². The van der Waals surface area contributed by atoms with Gasteiger partial charge in [0.2, 0.25) is 5.91 Å². The van der Waals surface area contributed by atoms with Gasteiger partial charge in [-0.05, 0) is 38.5 Å². The van der Waals surface area contributed by atoms with E-state index in [0.717, 1.165) is 57.8 Å². The number of hydrogen-bond donors (Lipinski definition) is 5. The zero-order chi connectivity index (χ0) is 22.9. The molecule has 1 amide bonds. The molecular formula is C24H41NO6. The number of ether oxygens (including phenoxy) is 1. The van der Waals surface area contributed by atoms with Crippen LogP contribution in [0.1, 0.15) is 71.1 Å². The fourth-order valence-electron chi connectivity index (χ4n) is 3.42. The topological polar surface area (TPSA) is 119 Å². The van der Waals surface area contributed by atoms with Crippen LogP contribution < -0.4 is 5.32 Å². The number of carbonyl (C=O) groups is 1. The molecule has 0 radical (unpaired) electrons. The minimum Gasteiger partial charge on any atom is -0.394 e. The fourth-order valence-corrected chi connectivity index (χ4v) is 3.42. The van der Waals surface area contributed by atoms with Crippen LogP contribution in [0.5, 0.6) is 0 Å². The van der Waals surface area contributed by atoms with E-state index in [1.165, 1.54) is 0 Å². The van der Waals surface area contributed by atoms with Crippen molar-refractivity contribution < 1.29 is 30.0 Å². The van der Waals surface area contributed by atoms with Crippen molar-refractivity contribution >= 4 is 5.91 Å². The van der Waals surface area contributed by atoms with Crippen LogP contribution >= 0.6 is 0 Å². The van der Waals surface area contributed by atoms with Crippen molar-refractivity contribution in [3.8, 4) is 0 Å². The third-order valence-electron chi connectivity index (χ3n) is 5.28. The van der Waals surface area contributed by atoms with Gasteiger partial charge in [0.25, 0.3) is 0 Å². The fraction of sp³-hybridized carbons (Fsp3) is 0.708. The van der Waals surface area contributed by atoms with Crippen LogP contribution in [0.15, 0.2) is 36.5 Å². The van der Waals surface area contributed by atoms with Crippen LogP contribution in [-0.4, -0.2) is 63.6 Å². The number of aliphatic hydroxyl groups is 4. The summed E-state index contributed by atoms with van der Waals surface area (Å²) in [5, 5.41) is 41.3. The van der Waals surface area contributed by atoms with Crippen LogP contribution in [0.2, 0.25) is 0 Å². The molecule has 1 heterocycles. The molecule has 5 atom stereocenters. The Morgan fingerprint density at radius 3 is 2.16 bits per heavy atom. The first-order valence-electron chi connectivity index (χ1n) is 11.6. The lowest BCUT2D eigenvalue weighted by Gasteiger charge is -2.40. The Kier molecular flexibility index (Phi) is 15.2. The normalized spacial score (nSPS) is 26.9. The van der Waals surface area contributed by atoms with E-state index in [-0.39, 0.29) is 12.3 Å². The van der Waals surface area contributed by atoms with E-state index in [2.05, 4.69) is 48.7 Å². The Morgan fingerprint density at radius 1 is 0.871 bits per heavy atom. The Morgan fingerprint density at radius 2 is 1.48 bits per heavy atom. The first-order valence-corrected chi connectivity index (χ1v) is 11.6. The SMILES string of the molecule is CC/C=C\C/C=C\C/C=C\CCCCCCCC(=O)N[C@H]1C(O)O[C@H](CO)[C@@H](O)[C@@H]1O. The van der Waals surface area contributed by atoms with E-state index in [1.807, 2.05) is 0 Å². The smallest absolute Gasteiger partial charge is 0.220 e. The summed E-state index contributed by atoms with van der Waals surface area (Å²) in [7, 11) is 0. The molecule has 0 aromatic rings. The Hall–Kier alpha value is -1.51. The van der Waals surface area contributed by atoms with E-state index in [1.54, 1.807) is 0 Å². The average Bonchev–Trinajstić information content (AvgIpc) is 2.76. The number of nitrogens with one attached hydrogen (secondary N) is 1. The molecule has 31 heavy (non-hydrogen) atoms. The lowest BCUT2D eigenvalue weighted by molar-refractivity contribution is -0.253. The lowest BCUT2D eigenvalue weighted by Crippen LogP contribution is -2.64. The summed E-state index contributed by atoms with van der Waals surface area (Å²) in [6.07, 6.45) is 17.2. The first kappa shape index (κ1) is 27.5. The number of unbranched alkanes of at least 4 members (excludes halogenated alkanes) is 5. The molecule has 0 saturated carbocycles. The lowest BCUT2D eigenvalue weighted by atomic mass is 9.97. The Bertz CT molecular complexity index is 562. The van der Waals surface area contributed by atoms with E-state index in [0.29, 0.717) is 0 Å². The van der Waals surface area contributed by atoms with Crippen molar-refractivity contribution in [2.75, 3.05) is 6.61 Å². The number of allylic oxidation sites excluding steroid dienone is 6. The van der Waals surface area contributed by atoms with Crippen molar-refractivity contribution in [1.82, 2.24) is 5.32 Å². The highest BCUT2D eigenvalue weighted by atomic mass is 16.6. The maximum Gasteiger partial charge on any atom is 0.220 e. The van der Waals surface area contributed by atoms with Crippen LogP contribution in [0.25, 0.3) is 0 Å². The summed E-state index contributed by atoms with van der Waals surface area (Å²) in [6.45, 7) is 1.60. The maximum atomic E-state index is 12.1. The molecule has 1 rings (SSSR count). The van der Waals surface area contributed by atoms with Gasteiger partial charge >= 0.3 is 0 Å². The Labute approximate surface area is 186 Å². The van der Waals surface area contributed by atoms with Gasteiger partial charge in [0.05, 0.1) is 6.61 Å². The number of rotatable bonds is 15. The van der Waals surface area contributed by atoms with Gasteiger partial charge < -0.3 is 30.5 Å². The van der Waals surface area contributed by atoms with Gasteiger partial charge in [-0.25, -0.2) is 0 Å². The highest BCUT2D eigenvalue weighted by Crippen LogP contribution is 2.20. The molecule has 1 unspecified atom stereocenters. The molecule has 1 saturated heterocycles. The van der Waals surface area contributed by atoms with Crippen molar-refractivity contribution in [2.24, 2.45) is 0 Å². The first-order chi connectivity index (χ1) is 15.0. The van der Waals surface area contributed by atoms with Crippen LogP contribution in [0.4, 0.5) is 0 Å². The summed E-state index contributed by atoms with van der Waals surface area (Å²) in [4.78, 5) is 12.1. The van der Waals surface area contributed by atoms with Crippen molar-refractivity contribution in [3.63, 3.8) is 0 Å². The maximum absolute atomic E-state index is 12.1. The molecule has 1 aliphatic rings. The van der Waals surface area contributed by atoms with Crippen molar-refractivity contribution in [3.05, 3.63) is 36.5 Å². The number of hydrogen-bond acceptors (Lipinski definition) is 6. The molecule has 0 spiro atoms. The Balaban J connectivity index is 2.05. The molecule has 1 fully saturated rings. The van der Waals surface area contributed by atoms with Gasteiger partial charge in [-0.1, -0.05) is 62.6 Å². The minimum absolute atomic E-state index is 0.287. The second kappa shape index (κ2) is 17.1. The number of carbonyl (C=O) groups excluding carboxylic acids is 1. The van der Waals surface area contributed by atoms with Crippen LogP contribution in [0, 0.1) is 0 Å². The monoisotopic (exact) mass is 439 g/mol. The van der Waals surface area contributed by atoms with Gasteiger partial charge in [0.1, 0.15) is 24.4 Å². The third kappa shape index (κ3) is 11.6. The molecule has 0 aliphatic carbocycles.